The second-order valence-electron chi connectivity index (χ2n) is 7.31. The van der Waals surface area contributed by atoms with Crippen molar-refractivity contribution < 1.29 is 9.90 Å². The van der Waals surface area contributed by atoms with Crippen molar-refractivity contribution in [2.24, 2.45) is 0 Å². The van der Waals surface area contributed by atoms with Crippen LogP contribution < -0.4 is 10.6 Å². The molecule has 5 rings (SSSR count). The minimum absolute atomic E-state index is 0.194. The number of anilines is 3. The second kappa shape index (κ2) is 6.70. The molecule has 3 N–H and O–H groups in total. The van der Waals surface area contributed by atoms with Gasteiger partial charge in [0.25, 0.3) is 0 Å². The van der Waals surface area contributed by atoms with Gasteiger partial charge in [-0.05, 0) is 43.5 Å². The van der Waals surface area contributed by atoms with E-state index >= 15 is 0 Å². The molecule has 0 atom stereocenters. The van der Waals surface area contributed by atoms with E-state index in [1.807, 2.05) is 31.2 Å². The Hall–Kier alpha value is -3.74. The summed E-state index contributed by atoms with van der Waals surface area (Å²) >= 11 is 0. The topological polar surface area (TPSA) is 100 Å². The van der Waals surface area contributed by atoms with Crippen LogP contribution in [-0.4, -0.2) is 32.1 Å². The molecule has 7 nitrogen and oxygen atoms in total. The number of fused-ring (bicyclic) bond motifs is 3. The lowest BCUT2D eigenvalue weighted by atomic mass is 10.1. The first-order valence-corrected chi connectivity index (χ1v) is 9.51. The highest BCUT2D eigenvalue weighted by atomic mass is 16.4. The number of aromatic nitrogens is 3. The van der Waals surface area contributed by atoms with E-state index in [9.17, 15) is 9.90 Å². The predicted molar refractivity (Wildman–Crippen MR) is 113 cm³/mol. The lowest BCUT2D eigenvalue weighted by Crippen LogP contribution is -2.07. The van der Waals surface area contributed by atoms with Crippen LogP contribution in [-0.2, 0) is 0 Å². The van der Waals surface area contributed by atoms with Crippen LogP contribution in [0.15, 0.2) is 48.7 Å². The van der Waals surface area contributed by atoms with Gasteiger partial charge in [0, 0.05) is 28.7 Å². The van der Waals surface area contributed by atoms with Gasteiger partial charge in [0.15, 0.2) is 5.82 Å². The summed E-state index contributed by atoms with van der Waals surface area (Å²) in [6.07, 6.45) is 4.04. The van der Waals surface area contributed by atoms with Gasteiger partial charge >= 0.3 is 5.97 Å². The number of carboxylic acid groups (broad SMARTS) is 1. The van der Waals surface area contributed by atoms with Crippen molar-refractivity contribution in [2.45, 2.75) is 25.8 Å². The van der Waals surface area contributed by atoms with Gasteiger partial charge in [-0.3, -0.25) is 0 Å². The summed E-state index contributed by atoms with van der Waals surface area (Å²) in [5, 5.41) is 17.7. The number of carbonyl (C=O) groups is 1. The van der Waals surface area contributed by atoms with Gasteiger partial charge in [-0.15, -0.1) is 0 Å². The fraction of sp³-hybridized carbons (Fsp3) is 0.182. The van der Waals surface area contributed by atoms with Crippen molar-refractivity contribution in [3.8, 4) is 0 Å². The zero-order valence-electron chi connectivity index (χ0n) is 15.8. The van der Waals surface area contributed by atoms with E-state index in [-0.39, 0.29) is 5.56 Å². The van der Waals surface area contributed by atoms with Crippen molar-refractivity contribution >= 4 is 45.2 Å². The third-order valence-electron chi connectivity index (χ3n) is 5.09. The number of hydrogen-bond donors (Lipinski definition) is 3. The van der Waals surface area contributed by atoms with Gasteiger partial charge in [-0.2, -0.15) is 0 Å². The van der Waals surface area contributed by atoms with Crippen LogP contribution in [0.5, 0.6) is 0 Å². The minimum Gasteiger partial charge on any atom is -0.478 e. The molecule has 0 bridgehead atoms. The van der Waals surface area contributed by atoms with Crippen molar-refractivity contribution in [2.75, 3.05) is 10.6 Å². The molecule has 144 valence electrons. The SMILES string of the molecule is Cc1ccccc1Nc1nc2cc(C(=O)O)ccc2c2cnc(NC3CC3)nc12. The lowest BCUT2D eigenvalue weighted by Gasteiger charge is -2.14. The first-order valence-electron chi connectivity index (χ1n) is 9.51. The largest absolute Gasteiger partial charge is 0.478 e. The number of hydrogen-bond acceptors (Lipinski definition) is 6. The van der Waals surface area contributed by atoms with Crippen LogP contribution in [0, 0.1) is 6.92 Å². The maximum atomic E-state index is 11.4. The van der Waals surface area contributed by atoms with E-state index in [1.165, 1.54) is 0 Å². The van der Waals surface area contributed by atoms with E-state index in [1.54, 1.807) is 24.4 Å². The van der Waals surface area contributed by atoms with Gasteiger partial charge < -0.3 is 15.7 Å². The molecule has 0 radical (unpaired) electrons. The van der Waals surface area contributed by atoms with Crippen molar-refractivity contribution in [3.63, 3.8) is 0 Å². The zero-order chi connectivity index (χ0) is 20.0. The maximum Gasteiger partial charge on any atom is 0.335 e. The lowest BCUT2D eigenvalue weighted by molar-refractivity contribution is 0.0697. The fourth-order valence-corrected chi connectivity index (χ4v) is 3.33. The summed E-state index contributed by atoms with van der Waals surface area (Å²) in [6, 6.07) is 13.3. The number of rotatable bonds is 5. The molecule has 7 heteroatoms. The Bertz CT molecular complexity index is 1270. The molecular formula is C22H19N5O2. The number of aromatic carboxylic acids is 1. The summed E-state index contributed by atoms with van der Waals surface area (Å²) < 4.78 is 0. The highest BCUT2D eigenvalue weighted by Crippen LogP contribution is 2.32. The van der Waals surface area contributed by atoms with Gasteiger partial charge in [0.2, 0.25) is 5.95 Å². The molecule has 0 aliphatic heterocycles. The maximum absolute atomic E-state index is 11.4. The average Bonchev–Trinajstić information content (AvgIpc) is 3.53. The molecule has 0 unspecified atom stereocenters. The Morgan fingerprint density at radius 3 is 2.69 bits per heavy atom. The van der Waals surface area contributed by atoms with Gasteiger partial charge in [0.1, 0.15) is 5.52 Å². The van der Waals surface area contributed by atoms with Gasteiger partial charge in [-0.1, -0.05) is 24.3 Å². The zero-order valence-corrected chi connectivity index (χ0v) is 15.8. The van der Waals surface area contributed by atoms with E-state index in [0.29, 0.717) is 28.8 Å². The van der Waals surface area contributed by atoms with Crippen LogP contribution in [0.25, 0.3) is 21.8 Å². The quantitative estimate of drug-likeness (QED) is 0.435. The number of aryl methyl sites for hydroxylation is 1. The highest BCUT2D eigenvalue weighted by Gasteiger charge is 2.22. The monoisotopic (exact) mass is 385 g/mol. The number of pyridine rings is 1. The second-order valence-corrected chi connectivity index (χ2v) is 7.31. The van der Waals surface area contributed by atoms with Crippen LogP contribution in [0.3, 0.4) is 0 Å². The molecule has 2 aromatic heterocycles. The van der Waals surface area contributed by atoms with E-state index < -0.39 is 5.97 Å². The van der Waals surface area contributed by atoms with Gasteiger partial charge in [0.05, 0.1) is 11.1 Å². The van der Waals surface area contributed by atoms with Crippen molar-refractivity contribution in [1.29, 1.82) is 0 Å². The molecule has 0 spiro atoms. The minimum atomic E-state index is -0.984. The van der Waals surface area contributed by atoms with Gasteiger partial charge in [-0.25, -0.2) is 19.7 Å². The molecule has 2 aromatic carbocycles. The van der Waals surface area contributed by atoms with Crippen LogP contribution >= 0.6 is 0 Å². The van der Waals surface area contributed by atoms with Crippen LogP contribution in [0.1, 0.15) is 28.8 Å². The normalized spacial score (nSPS) is 13.6. The molecule has 1 aliphatic rings. The number of benzene rings is 2. The Kier molecular flexibility index (Phi) is 4.01. The molecule has 1 aliphatic carbocycles. The summed E-state index contributed by atoms with van der Waals surface area (Å²) in [6.45, 7) is 2.02. The number of nitrogens with zero attached hydrogens (tertiary/aromatic N) is 3. The Morgan fingerprint density at radius 1 is 1.10 bits per heavy atom. The first kappa shape index (κ1) is 17.4. The van der Waals surface area contributed by atoms with Crippen LogP contribution in [0.4, 0.5) is 17.5 Å². The summed E-state index contributed by atoms with van der Waals surface area (Å²) in [5.74, 6) is 0.171. The molecule has 29 heavy (non-hydrogen) atoms. The number of carboxylic acids is 1. The third-order valence-corrected chi connectivity index (χ3v) is 5.09. The molecule has 0 amide bonds. The van der Waals surface area contributed by atoms with E-state index in [0.717, 1.165) is 34.9 Å². The van der Waals surface area contributed by atoms with Crippen LogP contribution in [0.2, 0.25) is 0 Å². The molecule has 2 heterocycles. The van der Waals surface area contributed by atoms with Crippen molar-refractivity contribution in [3.05, 3.63) is 59.8 Å². The van der Waals surface area contributed by atoms with E-state index in [2.05, 4.69) is 15.6 Å². The van der Waals surface area contributed by atoms with E-state index in [4.69, 9.17) is 9.97 Å². The number of nitrogens with one attached hydrogen (secondary N) is 2. The molecule has 1 saturated carbocycles. The first-order chi connectivity index (χ1) is 14.1. The molecular weight excluding hydrogens is 366 g/mol. The standard InChI is InChI=1S/C22H19N5O2/c1-12-4-2-3-5-17(12)25-20-19-16(11-23-22(27-19)24-14-7-8-14)15-9-6-13(21(28)29)10-18(15)26-20/h2-6,9-11,14H,7-8H2,1H3,(H,25,26)(H,28,29)(H,23,24,27). The highest BCUT2D eigenvalue weighted by molar-refractivity contribution is 6.10. The molecule has 4 aromatic rings. The van der Waals surface area contributed by atoms with Crippen molar-refractivity contribution in [1.82, 2.24) is 15.0 Å². The average molecular weight is 385 g/mol. The summed E-state index contributed by atoms with van der Waals surface area (Å²) in [4.78, 5) is 25.3. The summed E-state index contributed by atoms with van der Waals surface area (Å²) in [7, 11) is 0. The number of para-hydroxylation sites is 1. The fourth-order valence-electron chi connectivity index (χ4n) is 3.33. The third kappa shape index (κ3) is 3.31. The Morgan fingerprint density at radius 2 is 1.93 bits per heavy atom. The summed E-state index contributed by atoms with van der Waals surface area (Å²) in [5.41, 5.74) is 3.47. The Labute approximate surface area is 166 Å². The smallest absolute Gasteiger partial charge is 0.335 e. The molecule has 1 fully saturated rings. The molecule has 0 saturated heterocycles. The Balaban J connectivity index is 1.72. The predicted octanol–water partition coefficient (Wildman–Crippen LogP) is 4.50.